The summed E-state index contributed by atoms with van der Waals surface area (Å²) >= 11 is 0. The maximum absolute atomic E-state index is 3.68. The number of rotatable bonds is 1. The first-order valence-corrected chi connectivity index (χ1v) is 8.37. The van der Waals surface area contributed by atoms with Gasteiger partial charge < -0.3 is 4.98 Å². The van der Waals surface area contributed by atoms with Gasteiger partial charge >= 0.3 is 0 Å². The minimum absolute atomic E-state index is 0.534. The second kappa shape index (κ2) is 4.65. The first-order valence-electron chi connectivity index (χ1n) is 8.37. The smallest absolute Gasteiger partial charge is 0.0459 e. The Morgan fingerprint density at radius 2 is 1.80 bits per heavy atom. The number of benzene rings is 1. The summed E-state index contributed by atoms with van der Waals surface area (Å²) in [5.41, 5.74) is 5.08. The molecular formula is C19H25N. The van der Waals surface area contributed by atoms with Crippen molar-refractivity contribution in [1.29, 1.82) is 0 Å². The van der Waals surface area contributed by atoms with E-state index in [1.54, 1.807) is 5.56 Å². The van der Waals surface area contributed by atoms with Gasteiger partial charge in [0.05, 0.1) is 0 Å². The Labute approximate surface area is 121 Å². The summed E-state index contributed by atoms with van der Waals surface area (Å²) in [4.78, 5) is 3.68. The lowest BCUT2D eigenvalue weighted by Crippen LogP contribution is -2.23. The molecule has 1 aromatic heterocycles. The van der Waals surface area contributed by atoms with E-state index in [1.165, 1.54) is 68.0 Å². The zero-order valence-corrected chi connectivity index (χ0v) is 12.5. The molecular weight excluding hydrogens is 242 g/mol. The summed E-state index contributed by atoms with van der Waals surface area (Å²) < 4.78 is 0. The number of nitrogens with one attached hydrogen (secondary N) is 1. The van der Waals surface area contributed by atoms with Gasteiger partial charge in [-0.25, -0.2) is 0 Å². The molecule has 1 heteroatoms. The highest BCUT2D eigenvalue weighted by Crippen LogP contribution is 2.53. The molecule has 1 fully saturated rings. The van der Waals surface area contributed by atoms with Crippen LogP contribution in [0.15, 0.2) is 24.3 Å². The predicted octanol–water partition coefficient (Wildman–Crippen LogP) is 5.56. The van der Waals surface area contributed by atoms with Crippen molar-refractivity contribution < 1.29 is 0 Å². The molecule has 0 radical (unpaired) electrons. The van der Waals surface area contributed by atoms with Crippen molar-refractivity contribution in [1.82, 2.24) is 4.98 Å². The van der Waals surface area contributed by atoms with Crippen LogP contribution >= 0.6 is 0 Å². The van der Waals surface area contributed by atoms with E-state index in [2.05, 4.69) is 36.2 Å². The number of aromatic amines is 1. The molecule has 0 bridgehead atoms. The van der Waals surface area contributed by atoms with E-state index in [0.29, 0.717) is 5.41 Å². The van der Waals surface area contributed by atoms with Gasteiger partial charge in [-0.1, -0.05) is 50.8 Å². The summed E-state index contributed by atoms with van der Waals surface area (Å²) in [6.45, 7) is 2.57. The lowest BCUT2D eigenvalue weighted by Gasteiger charge is -2.35. The van der Waals surface area contributed by atoms with Crippen molar-refractivity contribution in [2.45, 2.75) is 64.2 Å². The van der Waals surface area contributed by atoms with Crippen LogP contribution in [0.25, 0.3) is 10.9 Å². The Hall–Kier alpha value is -1.24. The molecule has 1 unspecified atom stereocenters. The molecule has 0 saturated heterocycles. The van der Waals surface area contributed by atoms with Crippen molar-refractivity contribution in [3.8, 4) is 0 Å². The number of hydrogen-bond acceptors (Lipinski definition) is 0. The molecule has 1 aromatic carbocycles. The zero-order valence-electron chi connectivity index (χ0n) is 12.5. The zero-order chi connectivity index (χ0) is 13.6. The molecule has 1 saturated carbocycles. The third-order valence-corrected chi connectivity index (χ3v) is 5.95. The lowest BCUT2D eigenvalue weighted by atomic mass is 9.69. The maximum atomic E-state index is 3.68. The van der Waals surface area contributed by atoms with Crippen LogP contribution in [0.5, 0.6) is 0 Å². The van der Waals surface area contributed by atoms with Crippen LogP contribution in [0.4, 0.5) is 0 Å². The van der Waals surface area contributed by atoms with E-state index in [9.17, 15) is 0 Å². The van der Waals surface area contributed by atoms with Crippen LogP contribution in [-0.4, -0.2) is 4.98 Å². The summed E-state index contributed by atoms with van der Waals surface area (Å²) in [5, 5.41) is 1.50. The fourth-order valence-electron chi connectivity index (χ4n) is 4.83. The number of hydrogen-bond donors (Lipinski definition) is 1. The Balaban J connectivity index is 1.79. The normalized spacial score (nSPS) is 25.6. The number of para-hydroxylation sites is 1. The Morgan fingerprint density at radius 1 is 1.05 bits per heavy atom. The van der Waals surface area contributed by atoms with Crippen molar-refractivity contribution in [2.24, 2.45) is 5.41 Å². The third kappa shape index (κ3) is 1.82. The Morgan fingerprint density at radius 3 is 2.60 bits per heavy atom. The van der Waals surface area contributed by atoms with Crippen molar-refractivity contribution in [3.63, 3.8) is 0 Å². The molecule has 1 atom stereocenters. The molecule has 0 aliphatic heterocycles. The molecule has 2 aromatic rings. The van der Waals surface area contributed by atoms with E-state index < -0.39 is 0 Å². The molecule has 1 nitrogen and oxygen atoms in total. The molecule has 0 spiro atoms. The number of aryl methyl sites for hydroxylation is 1. The number of aromatic nitrogens is 1. The summed E-state index contributed by atoms with van der Waals surface area (Å²) in [6, 6.07) is 8.90. The van der Waals surface area contributed by atoms with E-state index >= 15 is 0 Å². The Kier molecular flexibility index (Phi) is 2.90. The fourth-order valence-corrected chi connectivity index (χ4v) is 4.83. The van der Waals surface area contributed by atoms with Gasteiger partial charge in [0.1, 0.15) is 0 Å². The molecule has 2 aliphatic rings. The van der Waals surface area contributed by atoms with E-state index in [0.717, 1.165) is 5.92 Å². The second-order valence-electron chi connectivity index (χ2n) is 7.22. The average Bonchev–Trinajstić information content (AvgIpc) is 2.94. The molecule has 20 heavy (non-hydrogen) atoms. The van der Waals surface area contributed by atoms with Crippen molar-refractivity contribution in [3.05, 3.63) is 35.5 Å². The molecule has 1 heterocycles. The van der Waals surface area contributed by atoms with Gasteiger partial charge in [-0.05, 0) is 48.6 Å². The highest BCUT2D eigenvalue weighted by molar-refractivity contribution is 5.86. The number of H-pyrrole nitrogens is 1. The highest BCUT2D eigenvalue weighted by Gasteiger charge is 2.40. The predicted molar refractivity (Wildman–Crippen MR) is 85.2 cm³/mol. The van der Waals surface area contributed by atoms with Crippen LogP contribution in [0.1, 0.15) is 69.0 Å². The van der Waals surface area contributed by atoms with Gasteiger partial charge in [-0.15, -0.1) is 0 Å². The van der Waals surface area contributed by atoms with Crippen LogP contribution in [0.2, 0.25) is 0 Å². The van der Waals surface area contributed by atoms with Gasteiger partial charge in [-0.3, -0.25) is 0 Å². The average molecular weight is 267 g/mol. The van der Waals surface area contributed by atoms with E-state index in [1.807, 2.05) is 0 Å². The SMILES string of the molecule is CC1(C2CCc3[nH]c4ccccc4c32)CCCCCC1. The van der Waals surface area contributed by atoms with Gasteiger partial charge in [0, 0.05) is 16.6 Å². The summed E-state index contributed by atoms with van der Waals surface area (Å²) in [5.74, 6) is 0.784. The highest BCUT2D eigenvalue weighted by atomic mass is 14.7. The monoisotopic (exact) mass is 267 g/mol. The minimum atomic E-state index is 0.534. The number of fused-ring (bicyclic) bond motifs is 3. The first kappa shape index (κ1) is 12.5. The largest absolute Gasteiger partial charge is 0.358 e. The molecule has 106 valence electrons. The van der Waals surface area contributed by atoms with E-state index in [-0.39, 0.29) is 0 Å². The molecule has 2 aliphatic carbocycles. The second-order valence-corrected chi connectivity index (χ2v) is 7.22. The van der Waals surface area contributed by atoms with Crippen LogP contribution in [0, 0.1) is 5.41 Å². The molecule has 1 N–H and O–H groups in total. The fraction of sp³-hybridized carbons (Fsp3) is 0.579. The summed E-state index contributed by atoms with van der Waals surface area (Å²) in [7, 11) is 0. The quantitative estimate of drug-likeness (QED) is 0.651. The van der Waals surface area contributed by atoms with Crippen LogP contribution in [-0.2, 0) is 6.42 Å². The van der Waals surface area contributed by atoms with Gasteiger partial charge in [-0.2, -0.15) is 0 Å². The van der Waals surface area contributed by atoms with Crippen molar-refractivity contribution >= 4 is 10.9 Å². The first-order chi connectivity index (χ1) is 9.78. The van der Waals surface area contributed by atoms with Gasteiger partial charge in [0.25, 0.3) is 0 Å². The minimum Gasteiger partial charge on any atom is -0.358 e. The third-order valence-electron chi connectivity index (χ3n) is 5.95. The Bertz CT molecular complexity index is 614. The molecule has 4 rings (SSSR count). The maximum Gasteiger partial charge on any atom is 0.0459 e. The van der Waals surface area contributed by atoms with Crippen LogP contribution < -0.4 is 0 Å². The van der Waals surface area contributed by atoms with E-state index in [4.69, 9.17) is 0 Å². The summed E-state index contributed by atoms with van der Waals surface area (Å²) in [6.07, 6.45) is 11.2. The topological polar surface area (TPSA) is 15.8 Å². The standard InChI is InChI=1S/C19H25N/c1-19(12-6-2-3-7-13-19)15-10-11-17-18(15)14-8-4-5-9-16(14)20-17/h4-5,8-9,15,20H,2-3,6-7,10-13H2,1H3. The molecule has 0 amide bonds. The van der Waals surface area contributed by atoms with Crippen molar-refractivity contribution in [2.75, 3.05) is 0 Å². The lowest BCUT2D eigenvalue weighted by molar-refractivity contribution is 0.215. The van der Waals surface area contributed by atoms with Gasteiger partial charge in [0.15, 0.2) is 0 Å². The van der Waals surface area contributed by atoms with Crippen LogP contribution in [0.3, 0.4) is 0 Å². The van der Waals surface area contributed by atoms with Gasteiger partial charge in [0.2, 0.25) is 0 Å².